The first-order valence-electron chi connectivity index (χ1n) is 6.87. The van der Waals surface area contributed by atoms with Crippen LogP contribution in [0.5, 0.6) is 0 Å². The van der Waals surface area contributed by atoms with Crippen LogP contribution in [0.3, 0.4) is 0 Å². The third-order valence-corrected chi connectivity index (χ3v) is 5.44. The van der Waals surface area contributed by atoms with Gasteiger partial charge in [0.25, 0.3) is 0 Å². The Morgan fingerprint density at radius 3 is 2.90 bits per heavy atom. The largest absolute Gasteiger partial charge is 0.328 e. The van der Waals surface area contributed by atoms with Crippen molar-refractivity contribution in [2.45, 2.75) is 25.9 Å². The van der Waals surface area contributed by atoms with Crippen LogP contribution < -0.4 is 11.3 Å². The zero-order valence-corrected chi connectivity index (χ0v) is 14.7. The summed E-state index contributed by atoms with van der Waals surface area (Å²) in [6.45, 7) is 3.06. The molecule has 110 valence electrons. The third kappa shape index (κ3) is 2.98. The molecule has 3 aromatic rings. The number of para-hydroxylation sites is 2. The van der Waals surface area contributed by atoms with Gasteiger partial charge in [-0.1, -0.05) is 12.1 Å². The molecule has 0 bridgehead atoms. The number of halogens is 1. The molecule has 3 N–H and O–H groups in total. The summed E-state index contributed by atoms with van der Waals surface area (Å²) in [7, 11) is 0. The number of fused-ring (bicyclic) bond motifs is 1. The van der Waals surface area contributed by atoms with Crippen molar-refractivity contribution in [1.29, 1.82) is 0 Å². The minimum atomic E-state index is 0.0897. The van der Waals surface area contributed by atoms with Gasteiger partial charge in [-0.05, 0) is 58.7 Å². The first-order valence-corrected chi connectivity index (χ1v) is 8.83. The number of thiophene rings is 1. The van der Waals surface area contributed by atoms with Gasteiger partial charge in [-0.3, -0.25) is 11.3 Å². The van der Waals surface area contributed by atoms with E-state index in [0.29, 0.717) is 0 Å². The molecule has 1 unspecified atom stereocenters. The van der Waals surface area contributed by atoms with Crippen molar-refractivity contribution in [3.8, 4) is 0 Å². The van der Waals surface area contributed by atoms with Crippen LogP contribution in [-0.2, 0) is 13.0 Å². The average Bonchev–Trinajstić information content (AvgIpc) is 3.07. The standard InChI is InChI=1S/C15H17IN4S/c1-2-20-13-6-4-3-5-11(13)18-15(20)8-12(19-17)10-7-14(16)21-9-10/h3-7,9,12,19H,2,8,17H2,1H3. The van der Waals surface area contributed by atoms with E-state index in [1.165, 1.54) is 14.0 Å². The number of aryl methyl sites for hydroxylation is 1. The van der Waals surface area contributed by atoms with Gasteiger partial charge in [0.05, 0.1) is 20.0 Å². The van der Waals surface area contributed by atoms with Crippen LogP contribution in [0.1, 0.15) is 24.4 Å². The van der Waals surface area contributed by atoms with E-state index in [4.69, 9.17) is 10.8 Å². The molecule has 0 fully saturated rings. The minimum absolute atomic E-state index is 0.0897. The first-order chi connectivity index (χ1) is 10.2. The Morgan fingerprint density at radius 1 is 1.43 bits per heavy atom. The summed E-state index contributed by atoms with van der Waals surface area (Å²) in [6, 6.07) is 10.5. The Bertz CT molecular complexity index is 749. The molecule has 0 radical (unpaired) electrons. The van der Waals surface area contributed by atoms with E-state index in [0.717, 1.165) is 24.3 Å². The quantitative estimate of drug-likeness (QED) is 0.383. The van der Waals surface area contributed by atoms with Crippen LogP contribution in [0.4, 0.5) is 0 Å². The Morgan fingerprint density at radius 2 is 2.24 bits per heavy atom. The summed E-state index contributed by atoms with van der Waals surface area (Å²) in [5, 5.41) is 2.16. The van der Waals surface area contributed by atoms with Gasteiger partial charge in [-0.25, -0.2) is 4.98 Å². The average molecular weight is 412 g/mol. The number of nitrogens with two attached hydrogens (primary N) is 1. The van der Waals surface area contributed by atoms with Crippen molar-refractivity contribution in [2.75, 3.05) is 0 Å². The topological polar surface area (TPSA) is 55.9 Å². The molecule has 0 aliphatic rings. The molecule has 3 rings (SSSR count). The Balaban J connectivity index is 1.96. The molecule has 21 heavy (non-hydrogen) atoms. The summed E-state index contributed by atoms with van der Waals surface area (Å²) >= 11 is 4.07. The van der Waals surface area contributed by atoms with Crippen LogP contribution in [0, 0.1) is 2.88 Å². The maximum atomic E-state index is 5.76. The van der Waals surface area contributed by atoms with Gasteiger partial charge in [0.1, 0.15) is 5.82 Å². The van der Waals surface area contributed by atoms with E-state index in [2.05, 4.69) is 69.2 Å². The lowest BCUT2D eigenvalue weighted by atomic mass is 10.1. The Hall–Kier alpha value is -0.960. The van der Waals surface area contributed by atoms with Gasteiger partial charge in [-0.15, -0.1) is 11.3 Å². The van der Waals surface area contributed by atoms with E-state index in [1.54, 1.807) is 11.3 Å². The molecule has 0 amide bonds. The predicted molar refractivity (Wildman–Crippen MR) is 96.2 cm³/mol. The van der Waals surface area contributed by atoms with Gasteiger partial charge in [0, 0.05) is 13.0 Å². The molecule has 6 heteroatoms. The highest BCUT2D eigenvalue weighted by molar-refractivity contribution is 14.1. The molecule has 0 saturated carbocycles. The fourth-order valence-corrected chi connectivity index (χ4v) is 4.02. The number of nitrogens with zero attached hydrogens (tertiary/aromatic N) is 2. The van der Waals surface area contributed by atoms with E-state index in [9.17, 15) is 0 Å². The molecule has 2 heterocycles. The third-order valence-electron chi connectivity index (χ3n) is 3.63. The summed E-state index contributed by atoms with van der Waals surface area (Å²) in [4.78, 5) is 4.77. The van der Waals surface area contributed by atoms with Gasteiger partial charge < -0.3 is 4.57 Å². The molecule has 0 saturated heterocycles. The minimum Gasteiger partial charge on any atom is -0.328 e. The summed E-state index contributed by atoms with van der Waals surface area (Å²) in [6.07, 6.45) is 0.784. The SMILES string of the molecule is CCn1c(CC(NN)c2csc(I)c2)nc2ccccc21. The second kappa shape index (κ2) is 6.43. The zero-order chi connectivity index (χ0) is 14.8. The van der Waals surface area contributed by atoms with Crippen molar-refractivity contribution >= 4 is 45.0 Å². The van der Waals surface area contributed by atoms with Crippen molar-refractivity contribution in [1.82, 2.24) is 15.0 Å². The molecule has 0 spiro atoms. The first kappa shape index (κ1) is 15.0. The van der Waals surface area contributed by atoms with E-state index in [1.807, 2.05) is 6.07 Å². The zero-order valence-electron chi connectivity index (χ0n) is 11.7. The molecule has 1 atom stereocenters. The smallest absolute Gasteiger partial charge is 0.111 e. The van der Waals surface area contributed by atoms with Crippen molar-refractivity contribution in [3.05, 3.63) is 50.0 Å². The number of imidazole rings is 1. The second-order valence-corrected chi connectivity index (χ2v) is 7.67. The lowest BCUT2D eigenvalue weighted by molar-refractivity contribution is 0.527. The number of hydrazine groups is 1. The monoisotopic (exact) mass is 412 g/mol. The number of nitrogens with one attached hydrogen (secondary N) is 1. The van der Waals surface area contributed by atoms with Crippen LogP contribution in [-0.4, -0.2) is 9.55 Å². The van der Waals surface area contributed by atoms with Crippen molar-refractivity contribution < 1.29 is 0 Å². The van der Waals surface area contributed by atoms with Gasteiger partial charge in [-0.2, -0.15) is 0 Å². The highest BCUT2D eigenvalue weighted by Gasteiger charge is 2.17. The number of aromatic nitrogens is 2. The van der Waals surface area contributed by atoms with Crippen LogP contribution >= 0.6 is 33.9 Å². The Labute approximate surface area is 141 Å². The number of hydrogen-bond acceptors (Lipinski definition) is 4. The van der Waals surface area contributed by atoms with Gasteiger partial charge in [0.2, 0.25) is 0 Å². The van der Waals surface area contributed by atoms with E-state index < -0.39 is 0 Å². The summed E-state index contributed by atoms with van der Waals surface area (Å²) in [5.74, 6) is 6.83. The highest BCUT2D eigenvalue weighted by Crippen LogP contribution is 2.26. The fourth-order valence-electron chi connectivity index (χ4n) is 2.60. The normalized spacial score (nSPS) is 12.9. The molecular weight excluding hydrogens is 395 g/mol. The fraction of sp³-hybridized carbons (Fsp3) is 0.267. The number of benzene rings is 1. The van der Waals surface area contributed by atoms with Crippen LogP contribution in [0.2, 0.25) is 0 Å². The molecule has 4 nitrogen and oxygen atoms in total. The van der Waals surface area contributed by atoms with Crippen LogP contribution in [0.15, 0.2) is 35.7 Å². The van der Waals surface area contributed by atoms with Crippen LogP contribution in [0.25, 0.3) is 11.0 Å². The number of hydrogen-bond donors (Lipinski definition) is 2. The predicted octanol–water partition coefficient (Wildman–Crippen LogP) is 3.47. The number of rotatable bonds is 5. The van der Waals surface area contributed by atoms with E-state index >= 15 is 0 Å². The van der Waals surface area contributed by atoms with Crippen molar-refractivity contribution in [2.24, 2.45) is 5.84 Å². The van der Waals surface area contributed by atoms with E-state index in [-0.39, 0.29) is 6.04 Å². The summed E-state index contributed by atoms with van der Waals surface area (Å²) < 4.78 is 3.53. The molecule has 1 aromatic carbocycles. The molecule has 0 aliphatic carbocycles. The van der Waals surface area contributed by atoms with Gasteiger partial charge >= 0.3 is 0 Å². The summed E-state index contributed by atoms with van der Waals surface area (Å²) in [5.41, 5.74) is 6.38. The molecule has 0 aliphatic heterocycles. The lowest BCUT2D eigenvalue weighted by Crippen LogP contribution is -2.30. The molecule has 2 aromatic heterocycles. The second-order valence-electron chi connectivity index (χ2n) is 4.87. The molecular formula is C15H17IN4S. The van der Waals surface area contributed by atoms with Gasteiger partial charge in [0.15, 0.2) is 0 Å². The maximum absolute atomic E-state index is 5.76. The lowest BCUT2D eigenvalue weighted by Gasteiger charge is -2.15. The Kier molecular flexibility index (Phi) is 4.58. The highest BCUT2D eigenvalue weighted by atomic mass is 127. The maximum Gasteiger partial charge on any atom is 0.111 e. The van der Waals surface area contributed by atoms with Crippen molar-refractivity contribution in [3.63, 3.8) is 0 Å².